The molecule has 21 heavy (non-hydrogen) atoms. The van der Waals surface area contributed by atoms with Crippen LogP contribution < -0.4 is 10.5 Å². The van der Waals surface area contributed by atoms with E-state index in [4.69, 9.17) is 5.73 Å². The van der Waals surface area contributed by atoms with Gasteiger partial charge in [-0.05, 0) is 40.6 Å². The molecule has 0 unspecified atom stereocenters. The Morgan fingerprint density at radius 3 is 2.71 bits per heavy atom. The van der Waals surface area contributed by atoms with E-state index in [9.17, 15) is 13.2 Å². The summed E-state index contributed by atoms with van der Waals surface area (Å²) in [6.07, 6.45) is 0. The minimum atomic E-state index is -3.74. The van der Waals surface area contributed by atoms with Gasteiger partial charge in [0.25, 0.3) is 0 Å². The third kappa shape index (κ3) is 3.60. The molecule has 0 saturated carbocycles. The van der Waals surface area contributed by atoms with Gasteiger partial charge in [-0.1, -0.05) is 0 Å². The third-order valence-corrected chi connectivity index (χ3v) is 4.97. The van der Waals surface area contributed by atoms with Gasteiger partial charge in [-0.15, -0.1) is 0 Å². The molecule has 6 nitrogen and oxygen atoms in total. The van der Waals surface area contributed by atoms with E-state index in [1.165, 1.54) is 36.6 Å². The average molecular weight is 326 g/mol. The minimum Gasteiger partial charge on any atom is -0.465 e. The molecule has 0 aliphatic heterocycles. The summed E-state index contributed by atoms with van der Waals surface area (Å²) in [7, 11) is -2.50. The number of nitrogens with one attached hydrogen (secondary N) is 1. The molecule has 0 spiro atoms. The lowest BCUT2D eigenvalue weighted by Gasteiger charge is -2.09. The zero-order valence-electron chi connectivity index (χ0n) is 11.2. The lowest BCUT2D eigenvalue weighted by molar-refractivity contribution is 0.0600. The first-order valence-electron chi connectivity index (χ1n) is 5.92. The van der Waals surface area contributed by atoms with E-state index in [2.05, 4.69) is 9.46 Å². The summed E-state index contributed by atoms with van der Waals surface area (Å²) < 4.78 is 31.4. The van der Waals surface area contributed by atoms with Crippen LogP contribution in [-0.2, 0) is 21.3 Å². The minimum absolute atomic E-state index is 0.00396. The Balaban J connectivity index is 2.21. The Bertz CT molecular complexity index is 740. The molecule has 0 atom stereocenters. The first kappa shape index (κ1) is 15.5. The van der Waals surface area contributed by atoms with Gasteiger partial charge in [0.2, 0.25) is 10.0 Å². The number of sulfonamides is 1. The van der Waals surface area contributed by atoms with Gasteiger partial charge >= 0.3 is 5.97 Å². The van der Waals surface area contributed by atoms with Crippen LogP contribution in [0, 0.1) is 0 Å². The SMILES string of the molecule is COC(=O)c1ccc(S(=O)(=O)NCc2ccsc2)c(N)c1. The summed E-state index contributed by atoms with van der Waals surface area (Å²) in [4.78, 5) is 11.3. The van der Waals surface area contributed by atoms with Crippen molar-refractivity contribution >= 4 is 33.0 Å². The second-order valence-corrected chi connectivity index (χ2v) is 6.72. The number of thiophene rings is 1. The highest BCUT2D eigenvalue weighted by molar-refractivity contribution is 7.89. The molecule has 0 bridgehead atoms. The number of nitrogen functional groups attached to an aromatic ring is 1. The lowest BCUT2D eigenvalue weighted by atomic mass is 10.2. The number of methoxy groups -OCH3 is 1. The molecule has 1 aromatic carbocycles. The molecule has 1 aromatic heterocycles. The fourth-order valence-electron chi connectivity index (χ4n) is 1.69. The highest BCUT2D eigenvalue weighted by Gasteiger charge is 2.19. The van der Waals surface area contributed by atoms with Crippen molar-refractivity contribution in [2.45, 2.75) is 11.4 Å². The summed E-state index contributed by atoms with van der Waals surface area (Å²) in [6.45, 7) is 0.185. The Morgan fingerprint density at radius 2 is 2.14 bits per heavy atom. The predicted molar refractivity (Wildman–Crippen MR) is 80.5 cm³/mol. The Hall–Kier alpha value is -1.90. The number of nitrogens with two attached hydrogens (primary N) is 1. The fourth-order valence-corrected chi connectivity index (χ4v) is 3.48. The topological polar surface area (TPSA) is 98.5 Å². The van der Waals surface area contributed by atoms with Crippen LogP contribution in [0.15, 0.2) is 39.9 Å². The number of rotatable bonds is 5. The van der Waals surface area contributed by atoms with Crippen LogP contribution in [-0.4, -0.2) is 21.5 Å². The first-order valence-corrected chi connectivity index (χ1v) is 8.35. The van der Waals surface area contributed by atoms with Gasteiger partial charge in [0.15, 0.2) is 0 Å². The number of ether oxygens (including phenoxy) is 1. The summed E-state index contributed by atoms with van der Waals surface area (Å²) in [5.74, 6) is -0.572. The summed E-state index contributed by atoms with van der Waals surface area (Å²) in [5, 5.41) is 3.72. The van der Waals surface area contributed by atoms with E-state index in [0.717, 1.165) is 5.56 Å². The van der Waals surface area contributed by atoms with Gasteiger partial charge in [-0.3, -0.25) is 0 Å². The van der Waals surface area contributed by atoms with Crippen molar-refractivity contribution in [3.8, 4) is 0 Å². The fraction of sp³-hybridized carbons (Fsp3) is 0.154. The number of anilines is 1. The molecule has 112 valence electrons. The zero-order valence-corrected chi connectivity index (χ0v) is 12.8. The van der Waals surface area contributed by atoms with Gasteiger partial charge in [0.05, 0.1) is 18.4 Å². The highest BCUT2D eigenvalue weighted by Crippen LogP contribution is 2.20. The number of hydrogen-bond acceptors (Lipinski definition) is 6. The van der Waals surface area contributed by atoms with Crippen LogP contribution in [0.25, 0.3) is 0 Å². The number of hydrogen-bond donors (Lipinski definition) is 2. The number of benzene rings is 1. The first-order chi connectivity index (χ1) is 9.94. The average Bonchev–Trinajstić information content (AvgIpc) is 2.97. The van der Waals surface area contributed by atoms with Gasteiger partial charge in [0.1, 0.15) is 4.90 Å². The summed E-state index contributed by atoms with van der Waals surface area (Å²) in [5.41, 5.74) is 6.79. The Labute approximate surface area is 126 Å². The molecule has 2 rings (SSSR count). The van der Waals surface area contributed by atoms with Crippen molar-refractivity contribution in [3.63, 3.8) is 0 Å². The number of esters is 1. The summed E-state index contributed by atoms with van der Waals surface area (Å²) in [6, 6.07) is 5.76. The lowest BCUT2D eigenvalue weighted by Crippen LogP contribution is -2.24. The number of carbonyl (C=O) groups is 1. The molecule has 2 aromatic rings. The standard InChI is InChI=1S/C13H14N2O4S2/c1-19-13(16)10-2-3-12(11(14)6-10)21(17,18)15-7-9-4-5-20-8-9/h2-6,8,15H,7,14H2,1H3. The normalized spacial score (nSPS) is 11.3. The maximum absolute atomic E-state index is 12.2. The van der Waals surface area contributed by atoms with Gasteiger partial charge in [-0.2, -0.15) is 11.3 Å². The molecular weight excluding hydrogens is 312 g/mol. The van der Waals surface area contributed by atoms with Crippen LogP contribution in [0.1, 0.15) is 15.9 Å². The van der Waals surface area contributed by atoms with Crippen molar-refractivity contribution < 1.29 is 17.9 Å². The van der Waals surface area contributed by atoms with Crippen molar-refractivity contribution in [2.75, 3.05) is 12.8 Å². The molecule has 0 fully saturated rings. The second-order valence-electron chi connectivity index (χ2n) is 4.20. The van der Waals surface area contributed by atoms with Crippen molar-refractivity contribution in [2.24, 2.45) is 0 Å². The van der Waals surface area contributed by atoms with Crippen LogP contribution in [0.5, 0.6) is 0 Å². The Kier molecular flexibility index (Phi) is 4.61. The Morgan fingerprint density at radius 1 is 1.38 bits per heavy atom. The van der Waals surface area contributed by atoms with Gasteiger partial charge in [0, 0.05) is 6.54 Å². The van der Waals surface area contributed by atoms with Crippen molar-refractivity contribution in [1.29, 1.82) is 0 Å². The monoisotopic (exact) mass is 326 g/mol. The maximum Gasteiger partial charge on any atom is 0.337 e. The van der Waals surface area contributed by atoms with E-state index in [1.807, 2.05) is 16.8 Å². The van der Waals surface area contributed by atoms with Crippen LogP contribution in [0.3, 0.4) is 0 Å². The molecule has 0 saturated heterocycles. The smallest absolute Gasteiger partial charge is 0.337 e. The third-order valence-electron chi connectivity index (χ3n) is 2.77. The molecule has 8 heteroatoms. The van der Waals surface area contributed by atoms with Crippen molar-refractivity contribution in [3.05, 3.63) is 46.2 Å². The van der Waals surface area contributed by atoms with E-state index < -0.39 is 16.0 Å². The van der Waals surface area contributed by atoms with Crippen LogP contribution in [0.2, 0.25) is 0 Å². The molecule has 1 heterocycles. The van der Waals surface area contributed by atoms with Gasteiger partial charge < -0.3 is 10.5 Å². The molecule has 0 aliphatic carbocycles. The van der Waals surface area contributed by atoms with E-state index >= 15 is 0 Å². The number of carbonyl (C=O) groups excluding carboxylic acids is 1. The summed E-state index contributed by atoms with van der Waals surface area (Å²) >= 11 is 1.49. The van der Waals surface area contributed by atoms with Crippen molar-refractivity contribution in [1.82, 2.24) is 4.72 Å². The molecule has 0 radical (unpaired) electrons. The van der Waals surface area contributed by atoms with E-state index in [1.54, 1.807) is 0 Å². The molecule has 0 amide bonds. The molecular formula is C13H14N2O4S2. The molecule has 3 N–H and O–H groups in total. The van der Waals surface area contributed by atoms with E-state index in [-0.39, 0.29) is 22.7 Å². The van der Waals surface area contributed by atoms with E-state index in [0.29, 0.717) is 0 Å². The van der Waals surface area contributed by atoms with Crippen LogP contribution >= 0.6 is 11.3 Å². The molecule has 0 aliphatic rings. The highest BCUT2D eigenvalue weighted by atomic mass is 32.2. The predicted octanol–water partition coefficient (Wildman–Crippen LogP) is 1.60. The second kappa shape index (κ2) is 6.25. The quantitative estimate of drug-likeness (QED) is 0.642. The zero-order chi connectivity index (χ0) is 15.5. The largest absolute Gasteiger partial charge is 0.465 e. The van der Waals surface area contributed by atoms with Gasteiger partial charge in [-0.25, -0.2) is 17.9 Å². The maximum atomic E-state index is 12.2. The van der Waals surface area contributed by atoms with Crippen LogP contribution in [0.4, 0.5) is 5.69 Å².